The summed E-state index contributed by atoms with van der Waals surface area (Å²) in [7, 11) is 0. The van der Waals surface area contributed by atoms with Crippen molar-refractivity contribution in [2.75, 3.05) is 31.1 Å². The smallest absolute Gasteiger partial charge is 0.241 e. The first kappa shape index (κ1) is 20.7. The third kappa shape index (κ3) is 4.20. The van der Waals surface area contributed by atoms with Crippen molar-refractivity contribution in [2.45, 2.75) is 33.2 Å². The van der Waals surface area contributed by atoms with Crippen molar-refractivity contribution >= 4 is 34.8 Å². The second kappa shape index (κ2) is 8.38. The highest BCUT2D eigenvalue weighted by atomic mass is 35.5. The molecule has 142 valence electrons. The maximum atomic E-state index is 13.0. The number of hydrogen-bond donors (Lipinski definition) is 1. The molecule has 0 bridgehead atoms. The number of carbonyl (C=O) groups excluding carboxylic acids is 1. The van der Waals surface area contributed by atoms with Gasteiger partial charge < -0.3 is 10.6 Å². The van der Waals surface area contributed by atoms with Crippen LogP contribution in [0.5, 0.6) is 0 Å². The molecule has 0 aliphatic carbocycles. The van der Waals surface area contributed by atoms with E-state index in [2.05, 4.69) is 36.9 Å². The number of carbonyl (C=O) groups is 1. The highest BCUT2D eigenvalue weighted by molar-refractivity contribution is 6.04. The van der Waals surface area contributed by atoms with Crippen molar-refractivity contribution in [3.05, 3.63) is 42.5 Å². The van der Waals surface area contributed by atoms with Crippen LogP contribution in [0.25, 0.3) is 10.8 Å². The second-order valence-corrected chi connectivity index (χ2v) is 7.73. The number of amides is 1. The molecule has 1 heterocycles. The summed E-state index contributed by atoms with van der Waals surface area (Å²) in [6.45, 7) is 9.30. The van der Waals surface area contributed by atoms with Crippen LogP contribution in [0.2, 0.25) is 0 Å². The van der Waals surface area contributed by atoms with Gasteiger partial charge in [0.1, 0.15) is 0 Å². The lowest BCUT2D eigenvalue weighted by Crippen LogP contribution is -2.54. The topological polar surface area (TPSA) is 49.6 Å². The van der Waals surface area contributed by atoms with Crippen molar-refractivity contribution in [1.29, 1.82) is 0 Å². The van der Waals surface area contributed by atoms with E-state index in [0.717, 1.165) is 36.0 Å². The number of benzene rings is 2. The monoisotopic (exact) mass is 375 g/mol. The van der Waals surface area contributed by atoms with Crippen LogP contribution in [0.15, 0.2) is 42.5 Å². The van der Waals surface area contributed by atoms with Crippen LogP contribution < -0.4 is 10.6 Å². The van der Waals surface area contributed by atoms with Crippen LogP contribution in [-0.4, -0.2) is 43.0 Å². The van der Waals surface area contributed by atoms with Gasteiger partial charge in [0, 0.05) is 31.1 Å². The van der Waals surface area contributed by atoms with E-state index in [1.54, 1.807) is 0 Å². The molecule has 0 spiro atoms. The Hall–Kier alpha value is -1.62. The van der Waals surface area contributed by atoms with E-state index in [1.165, 1.54) is 0 Å². The lowest BCUT2D eigenvalue weighted by Gasteiger charge is -2.42. The number of rotatable bonds is 4. The van der Waals surface area contributed by atoms with E-state index in [4.69, 9.17) is 5.73 Å². The fourth-order valence-electron chi connectivity index (χ4n) is 3.82. The van der Waals surface area contributed by atoms with E-state index in [-0.39, 0.29) is 29.8 Å². The SMILES string of the molecule is CCN(C(=O)CN1CCC(N)C(C)(C)C1)c1cccc2ccccc12.Cl. The zero-order valence-electron chi connectivity index (χ0n) is 15.9. The number of fused-ring (bicyclic) bond motifs is 1. The largest absolute Gasteiger partial charge is 0.327 e. The summed E-state index contributed by atoms with van der Waals surface area (Å²) >= 11 is 0. The minimum atomic E-state index is 0. The van der Waals surface area contributed by atoms with Gasteiger partial charge in [-0.25, -0.2) is 0 Å². The van der Waals surface area contributed by atoms with Crippen LogP contribution in [-0.2, 0) is 4.79 Å². The van der Waals surface area contributed by atoms with Crippen LogP contribution >= 0.6 is 12.4 Å². The molecule has 0 radical (unpaired) electrons. The molecule has 2 aromatic carbocycles. The highest BCUT2D eigenvalue weighted by Gasteiger charge is 2.34. The Kier molecular flexibility index (Phi) is 6.67. The first-order valence-corrected chi connectivity index (χ1v) is 9.18. The van der Waals surface area contributed by atoms with E-state index in [0.29, 0.717) is 13.1 Å². The lowest BCUT2D eigenvalue weighted by molar-refractivity contribution is -0.120. The minimum absolute atomic E-state index is 0. The van der Waals surface area contributed by atoms with Crippen molar-refractivity contribution in [3.63, 3.8) is 0 Å². The summed E-state index contributed by atoms with van der Waals surface area (Å²) in [6.07, 6.45) is 0.945. The molecule has 1 aliphatic heterocycles. The predicted molar refractivity (Wildman–Crippen MR) is 112 cm³/mol. The van der Waals surface area contributed by atoms with Gasteiger partial charge in [-0.15, -0.1) is 12.4 Å². The van der Waals surface area contributed by atoms with Crippen molar-refractivity contribution in [2.24, 2.45) is 11.1 Å². The number of likely N-dealkylation sites (N-methyl/N-ethyl adjacent to an activating group) is 1. The van der Waals surface area contributed by atoms with E-state index in [1.807, 2.05) is 36.1 Å². The molecule has 1 amide bonds. The quantitative estimate of drug-likeness (QED) is 0.886. The molecule has 1 atom stereocenters. The molecule has 2 aromatic rings. The molecule has 4 nitrogen and oxygen atoms in total. The molecule has 0 aromatic heterocycles. The van der Waals surface area contributed by atoms with Crippen molar-refractivity contribution < 1.29 is 4.79 Å². The van der Waals surface area contributed by atoms with E-state index in [9.17, 15) is 4.79 Å². The minimum Gasteiger partial charge on any atom is -0.327 e. The van der Waals surface area contributed by atoms with Gasteiger partial charge in [-0.05, 0) is 30.2 Å². The molecule has 1 unspecified atom stereocenters. The number of halogens is 1. The van der Waals surface area contributed by atoms with Crippen LogP contribution in [0.3, 0.4) is 0 Å². The maximum absolute atomic E-state index is 13.0. The first-order valence-electron chi connectivity index (χ1n) is 9.18. The first-order chi connectivity index (χ1) is 11.9. The number of nitrogens with zero attached hydrogens (tertiary/aromatic N) is 2. The standard InChI is InChI=1S/C21H29N3O.ClH/c1-4-24(18-11-7-9-16-8-5-6-10-17(16)18)20(25)14-23-13-12-19(22)21(2,3)15-23;/h5-11,19H,4,12-15,22H2,1-3H3;1H. The van der Waals surface area contributed by atoms with Gasteiger partial charge in [-0.3, -0.25) is 9.69 Å². The summed E-state index contributed by atoms with van der Waals surface area (Å²) in [5.41, 5.74) is 7.27. The zero-order valence-corrected chi connectivity index (χ0v) is 16.8. The summed E-state index contributed by atoms with van der Waals surface area (Å²) < 4.78 is 0. The Labute approximate surface area is 162 Å². The molecular formula is C21H30ClN3O. The fraction of sp³-hybridized carbons (Fsp3) is 0.476. The van der Waals surface area contributed by atoms with Gasteiger partial charge in [0.05, 0.1) is 12.2 Å². The maximum Gasteiger partial charge on any atom is 0.241 e. The highest BCUT2D eigenvalue weighted by Crippen LogP contribution is 2.29. The number of nitrogens with two attached hydrogens (primary N) is 1. The van der Waals surface area contributed by atoms with Gasteiger partial charge in [0.25, 0.3) is 0 Å². The fourth-order valence-corrected chi connectivity index (χ4v) is 3.82. The molecule has 0 saturated carbocycles. The third-order valence-corrected chi connectivity index (χ3v) is 5.42. The number of hydrogen-bond acceptors (Lipinski definition) is 3. The Balaban J connectivity index is 0.00000243. The molecule has 1 aliphatic rings. The van der Waals surface area contributed by atoms with Gasteiger partial charge in [0.2, 0.25) is 5.91 Å². The van der Waals surface area contributed by atoms with Gasteiger partial charge in [-0.1, -0.05) is 50.2 Å². The van der Waals surface area contributed by atoms with Crippen LogP contribution in [0.4, 0.5) is 5.69 Å². The number of anilines is 1. The summed E-state index contributed by atoms with van der Waals surface area (Å²) in [5, 5.41) is 2.29. The average Bonchev–Trinajstić information content (AvgIpc) is 2.59. The lowest BCUT2D eigenvalue weighted by atomic mass is 9.80. The number of likely N-dealkylation sites (tertiary alicyclic amines) is 1. The predicted octanol–water partition coefficient (Wildman–Crippen LogP) is 3.67. The van der Waals surface area contributed by atoms with E-state index >= 15 is 0 Å². The zero-order chi connectivity index (χ0) is 18.0. The Bertz CT molecular complexity index is 757. The number of piperidine rings is 1. The van der Waals surface area contributed by atoms with Crippen LogP contribution in [0.1, 0.15) is 27.2 Å². The summed E-state index contributed by atoms with van der Waals surface area (Å²) in [5.74, 6) is 0.158. The summed E-state index contributed by atoms with van der Waals surface area (Å²) in [4.78, 5) is 17.2. The molecule has 26 heavy (non-hydrogen) atoms. The normalized spacial score (nSPS) is 19.8. The third-order valence-electron chi connectivity index (χ3n) is 5.42. The molecule has 1 saturated heterocycles. The van der Waals surface area contributed by atoms with Crippen LogP contribution in [0, 0.1) is 5.41 Å². The summed E-state index contributed by atoms with van der Waals surface area (Å²) in [6, 6.07) is 14.6. The van der Waals surface area contributed by atoms with Gasteiger partial charge >= 0.3 is 0 Å². The Morgan fingerprint density at radius 2 is 1.92 bits per heavy atom. The van der Waals surface area contributed by atoms with E-state index < -0.39 is 0 Å². The Morgan fingerprint density at radius 3 is 2.62 bits per heavy atom. The van der Waals surface area contributed by atoms with Gasteiger partial charge in [-0.2, -0.15) is 0 Å². The van der Waals surface area contributed by atoms with Crippen molar-refractivity contribution in [1.82, 2.24) is 4.90 Å². The molecule has 5 heteroatoms. The van der Waals surface area contributed by atoms with Gasteiger partial charge in [0.15, 0.2) is 0 Å². The average molecular weight is 376 g/mol. The second-order valence-electron chi connectivity index (χ2n) is 7.73. The Morgan fingerprint density at radius 1 is 1.23 bits per heavy atom. The van der Waals surface area contributed by atoms with Crippen molar-refractivity contribution in [3.8, 4) is 0 Å². The molecular weight excluding hydrogens is 346 g/mol. The molecule has 3 rings (SSSR count). The molecule has 1 fully saturated rings. The molecule has 2 N–H and O–H groups in total.